The molecule has 1 atom stereocenters. The van der Waals surface area contributed by atoms with E-state index in [0.29, 0.717) is 11.6 Å². The van der Waals surface area contributed by atoms with Crippen LogP contribution in [0.25, 0.3) is 0 Å². The van der Waals surface area contributed by atoms with Crippen molar-refractivity contribution in [1.29, 1.82) is 0 Å². The van der Waals surface area contributed by atoms with E-state index >= 15 is 0 Å². The molecule has 1 saturated carbocycles. The molecule has 1 aliphatic heterocycles. The van der Waals surface area contributed by atoms with Crippen molar-refractivity contribution in [3.05, 3.63) is 0 Å². The zero-order valence-corrected chi connectivity index (χ0v) is 10.5. The third-order valence-electron chi connectivity index (χ3n) is 3.36. The van der Waals surface area contributed by atoms with Crippen LogP contribution in [0.15, 0.2) is 0 Å². The summed E-state index contributed by atoms with van der Waals surface area (Å²) in [4.78, 5) is 24.4. The lowest BCUT2D eigenvalue weighted by Gasteiger charge is -2.27. The van der Waals surface area contributed by atoms with Gasteiger partial charge in [-0.3, -0.25) is 0 Å². The number of thioether (sulfide) groups is 1. The highest BCUT2D eigenvalue weighted by molar-refractivity contribution is 7.99. The molecule has 2 fully saturated rings. The van der Waals surface area contributed by atoms with Gasteiger partial charge in [0.15, 0.2) is 0 Å². The quantitative estimate of drug-likeness (QED) is 0.787. The van der Waals surface area contributed by atoms with Crippen molar-refractivity contribution < 1.29 is 14.7 Å². The highest BCUT2D eigenvalue weighted by Crippen LogP contribution is 2.22. The summed E-state index contributed by atoms with van der Waals surface area (Å²) in [5, 5.41) is 12.0. The molecule has 0 aromatic carbocycles. The van der Waals surface area contributed by atoms with E-state index in [4.69, 9.17) is 5.11 Å². The zero-order chi connectivity index (χ0) is 12.3. The van der Waals surface area contributed by atoms with Crippen LogP contribution in [0.1, 0.15) is 32.1 Å². The minimum Gasteiger partial charge on any atom is -0.480 e. The van der Waals surface area contributed by atoms with E-state index in [1.807, 2.05) is 0 Å². The molecule has 0 aromatic rings. The third kappa shape index (κ3) is 3.06. The standard InChI is InChI=1S/C11H18N2O3S/c14-10(15)9-6-17-7-13(9)11(16)12-8-4-2-1-3-5-8/h8-9H,1-7H2,(H,12,16)(H,14,15). The minimum atomic E-state index is -0.909. The van der Waals surface area contributed by atoms with E-state index in [1.165, 1.54) is 23.1 Å². The van der Waals surface area contributed by atoms with Crippen molar-refractivity contribution in [2.45, 2.75) is 44.2 Å². The zero-order valence-electron chi connectivity index (χ0n) is 9.72. The lowest BCUT2D eigenvalue weighted by atomic mass is 9.96. The number of nitrogens with zero attached hydrogens (tertiary/aromatic N) is 1. The van der Waals surface area contributed by atoms with Crippen LogP contribution in [0.3, 0.4) is 0 Å². The van der Waals surface area contributed by atoms with Gasteiger partial charge in [-0.1, -0.05) is 19.3 Å². The molecule has 5 nitrogen and oxygen atoms in total. The summed E-state index contributed by atoms with van der Waals surface area (Å²) in [5.74, 6) is 0.0666. The lowest BCUT2D eigenvalue weighted by Crippen LogP contribution is -2.50. The lowest BCUT2D eigenvalue weighted by molar-refractivity contribution is -0.140. The van der Waals surface area contributed by atoms with Gasteiger partial charge in [0, 0.05) is 11.8 Å². The van der Waals surface area contributed by atoms with Crippen LogP contribution in [-0.4, -0.2) is 45.7 Å². The summed E-state index contributed by atoms with van der Waals surface area (Å²) in [5.41, 5.74) is 0. The Morgan fingerprint density at radius 3 is 2.59 bits per heavy atom. The first-order valence-electron chi connectivity index (χ1n) is 6.06. The molecule has 96 valence electrons. The van der Waals surface area contributed by atoms with Crippen LogP contribution in [0.5, 0.6) is 0 Å². The van der Waals surface area contributed by atoms with Crippen LogP contribution in [0, 0.1) is 0 Å². The van der Waals surface area contributed by atoms with E-state index in [1.54, 1.807) is 0 Å². The van der Waals surface area contributed by atoms with E-state index in [-0.39, 0.29) is 12.1 Å². The maximum absolute atomic E-state index is 12.0. The summed E-state index contributed by atoms with van der Waals surface area (Å²) < 4.78 is 0. The number of carboxylic acid groups (broad SMARTS) is 1. The van der Waals surface area contributed by atoms with Crippen molar-refractivity contribution in [2.75, 3.05) is 11.6 Å². The second kappa shape index (κ2) is 5.62. The van der Waals surface area contributed by atoms with Crippen molar-refractivity contribution in [3.63, 3.8) is 0 Å². The molecule has 1 unspecified atom stereocenters. The normalized spacial score (nSPS) is 25.9. The van der Waals surface area contributed by atoms with E-state index in [9.17, 15) is 9.59 Å². The summed E-state index contributed by atoms with van der Waals surface area (Å²) in [6.45, 7) is 0. The summed E-state index contributed by atoms with van der Waals surface area (Å²) >= 11 is 1.49. The van der Waals surface area contributed by atoms with Gasteiger partial charge >= 0.3 is 12.0 Å². The van der Waals surface area contributed by atoms with Crippen LogP contribution in [-0.2, 0) is 4.79 Å². The summed E-state index contributed by atoms with van der Waals surface area (Å²) in [6, 6.07) is -0.644. The first kappa shape index (κ1) is 12.5. The van der Waals surface area contributed by atoms with Gasteiger partial charge in [0.25, 0.3) is 0 Å². The number of urea groups is 1. The average molecular weight is 258 g/mol. The predicted octanol–water partition coefficient (Wildman–Crippen LogP) is 1.49. The smallest absolute Gasteiger partial charge is 0.327 e. The molecule has 2 rings (SSSR count). The molecule has 0 radical (unpaired) electrons. The SMILES string of the molecule is O=C(O)C1CSCN1C(=O)NC1CCCCC1. The summed E-state index contributed by atoms with van der Waals surface area (Å²) in [7, 11) is 0. The van der Waals surface area contributed by atoms with Crippen LogP contribution >= 0.6 is 11.8 Å². The van der Waals surface area contributed by atoms with Crippen molar-refractivity contribution in [3.8, 4) is 0 Å². The topological polar surface area (TPSA) is 69.6 Å². The number of nitrogens with one attached hydrogen (secondary N) is 1. The van der Waals surface area contributed by atoms with Crippen molar-refractivity contribution in [1.82, 2.24) is 10.2 Å². The van der Waals surface area contributed by atoms with Gasteiger partial charge in [0.2, 0.25) is 0 Å². The van der Waals surface area contributed by atoms with Gasteiger partial charge in [-0.15, -0.1) is 11.8 Å². The molecule has 17 heavy (non-hydrogen) atoms. The van der Waals surface area contributed by atoms with Crippen molar-refractivity contribution in [2.24, 2.45) is 0 Å². The fourth-order valence-electron chi connectivity index (χ4n) is 2.35. The van der Waals surface area contributed by atoms with Gasteiger partial charge in [0.05, 0.1) is 5.88 Å². The van der Waals surface area contributed by atoms with Gasteiger partial charge in [0.1, 0.15) is 6.04 Å². The average Bonchev–Trinajstić information content (AvgIpc) is 2.79. The maximum Gasteiger partial charge on any atom is 0.327 e. The van der Waals surface area contributed by atoms with Gasteiger partial charge in [-0.05, 0) is 12.8 Å². The molecule has 1 aliphatic carbocycles. The number of carbonyl (C=O) groups excluding carboxylic acids is 1. The number of aliphatic carboxylic acids is 1. The molecule has 2 amide bonds. The fourth-order valence-corrected chi connectivity index (χ4v) is 3.50. The molecule has 1 saturated heterocycles. The number of rotatable bonds is 2. The Hall–Kier alpha value is -0.910. The molecule has 1 heterocycles. The number of amides is 2. The van der Waals surface area contributed by atoms with Crippen LogP contribution in [0.2, 0.25) is 0 Å². The molecule has 6 heteroatoms. The second-order valence-corrected chi connectivity index (χ2v) is 5.61. The van der Waals surface area contributed by atoms with Crippen molar-refractivity contribution >= 4 is 23.8 Å². The Morgan fingerprint density at radius 1 is 1.24 bits per heavy atom. The second-order valence-electron chi connectivity index (χ2n) is 4.61. The highest BCUT2D eigenvalue weighted by atomic mass is 32.2. The number of hydrogen-bond donors (Lipinski definition) is 2. The molecular formula is C11H18N2O3S. The molecule has 0 bridgehead atoms. The molecule has 2 aliphatic rings. The predicted molar refractivity (Wildman–Crippen MR) is 66.0 cm³/mol. The Balaban J connectivity index is 1.88. The van der Waals surface area contributed by atoms with Gasteiger partial charge < -0.3 is 15.3 Å². The Labute approximate surface area is 105 Å². The highest BCUT2D eigenvalue weighted by Gasteiger charge is 2.35. The minimum absolute atomic E-state index is 0.214. The third-order valence-corrected chi connectivity index (χ3v) is 4.37. The number of carbonyl (C=O) groups is 2. The van der Waals surface area contributed by atoms with E-state index in [2.05, 4.69) is 5.32 Å². The number of hydrogen-bond acceptors (Lipinski definition) is 3. The summed E-state index contributed by atoms with van der Waals surface area (Å²) in [6.07, 6.45) is 5.59. The molecule has 2 N–H and O–H groups in total. The Morgan fingerprint density at radius 2 is 1.94 bits per heavy atom. The van der Waals surface area contributed by atoms with Crippen LogP contribution in [0.4, 0.5) is 4.79 Å². The van der Waals surface area contributed by atoms with Gasteiger partial charge in [-0.2, -0.15) is 0 Å². The molecule has 0 aromatic heterocycles. The van der Waals surface area contributed by atoms with E-state index < -0.39 is 12.0 Å². The monoisotopic (exact) mass is 258 g/mol. The largest absolute Gasteiger partial charge is 0.480 e. The van der Waals surface area contributed by atoms with E-state index in [0.717, 1.165) is 25.7 Å². The first-order valence-corrected chi connectivity index (χ1v) is 7.21. The number of carboxylic acids is 1. The van der Waals surface area contributed by atoms with Gasteiger partial charge in [-0.25, -0.2) is 9.59 Å². The maximum atomic E-state index is 12.0. The Kier molecular flexibility index (Phi) is 4.15. The molecule has 0 spiro atoms. The first-order chi connectivity index (χ1) is 8.18. The Bertz CT molecular complexity index is 305. The van der Waals surface area contributed by atoms with Crippen LogP contribution < -0.4 is 5.32 Å². The molecular weight excluding hydrogens is 240 g/mol. The fraction of sp³-hybridized carbons (Fsp3) is 0.818.